The van der Waals surface area contributed by atoms with Crippen molar-refractivity contribution in [2.24, 2.45) is 4.99 Å². The average Bonchev–Trinajstić information content (AvgIpc) is 2.78. The van der Waals surface area contributed by atoms with E-state index in [1.807, 2.05) is 6.07 Å². The molecule has 2 aromatic rings. The maximum absolute atomic E-state index is 4.80. The maximum atomic E-state index is 4.80. The minimum Gasteiger partial charge on any atom is -0.357 e. The minimum atomic E-state index is 0. The van der Waals surface area contributed by atoms with Gasteiger partial charge < -0.3 is 15.5 Å². The van der Waals surface area contributed by atoms with Crippen LogP contribution in [0.2, 0.25) is 0 Å². The molecule has 170 valence electrons. The molecular weight excluding hydrogens is 501 g/mol. The molecule has 7 nitrogen and oxygen atoms in total. The van der Waals surface area contributed by atoms with Gasteiger partial charge in [0.1, 0.15) is 0 Å². The summed E-state index contributed by atoms with van der Waals surface area (Å²) in [7, 11) is 0. The van der Waals surface area contributed by atoms with E-state index in [1.165, 1.54) is 11.1 Å². The summed E-state index contributed by atoms with van der Waals surface area (Å²) in [6, 6.07) is 10.6. The highest BCUT2D eigenvalue weighted by Gasteiger charge is 2.18. The second-order valence-electron chi connectivity index (χ2n) is 7.84. The zero-order valence-corrected chi connectivity index (χ0v) is 21.3. The molecule has 0 aliphatic carbocycles. The van der Waals surface area contributed by atoms with E-state index in [0.717, 1.165) is 64.3 Å². The first-order chi connectivity index (χ1) is 14.7. The normalized spacial score (nSPS) is 15.8. The third kappa shape index (κ3) is 8.25. The van der Waals surface area contributed by atoms with Crippen molar-refractivity contribution >= 4 is 35.9 Å². The lowest BCUT2D eigenvalue weighted by Crippen LogP contribution is -2.49. The molecule has 2 N–H and O–H groups in total. The first kappa shape index (κ1) is 25.3. The SMILES string of the molecule is CCNC(=NCC(C)c1cccc(C)c1)NCCN1CCN(c2ncccn2)CC1.I. The van der Waals surface area contributed by atoms with Gasteiger partial charge in [-0.3, -0.25) is 9.89 Å². The van der Waals surface area contributed by atoms with Crippen molar-refractivity contribution in [3.05, 3.63) is 53.9 Å². The van der Waals surface area contributed by atoms with Gasteiger partial charge in [-0.1, -0.05) is 36.8 Å². The zero-order chi connectivity index (χ0) is 21.2. The summed E-state index contributed by atoms with van der Waals surface area (Å²) in [5.41, 5.74) is 2.64. The molecule has 1 aromatic carbocycles. The number of hydrogen-bond donors (Lipinski definition) is 2. The first-order valence-electron chi connectivity index (χ1n) is 11.0. The molecule has 0 radical (unpaired) electrons. The maximum Gasteiger partial charge on any atom is 0.225 e. The Morgan fingerprint density at radius 3 is 2.52 bits per heavy atom. The lowest BCUT2D eigenvalue weighted by molar-refractivity contribution is 0.260. The summed E-state index contributed by atoms with van der Waals surface area (Å²) in [6.45, 7) is 14.0. The topological polar surface area (TPSA) is 68.7 Å². The van der Waals surface area contributed by atoms with Gasteiger partial charge in [-0.05, 0) is 25.5 Å². The van der Waals surface area contributed by atoms with Gasteiger partial charge in [-0.25, -0.2) is 9.97 Å². The number of aryl methyl sites for hydroxylation is 1. The second kappa shape index (κ2) is 13.5. The highest BCUT2D eigenvalue weighted by Crippen LogP contribution is 2.16. The molecule has 1 aromatic heterocycles. The molecule has 1 unspecified atom stereocenters. The predicted octanol–water partition coefficient (Wildman–Crippen LogP) is 2.88. The number of rotatable bonds is 8. The van der Waals surface area contributed by atoms with Crippen LogP contribution < -0.4 is 15.5 Å². The van der Waals surface area contributed by atoms with Gasteiger partial charge >= 0.3 is 0 Å². The van der Waals surface area contributed by atoms with Gasteiger partial charge in [0, 0.05) is 70.7 Å². The van der Waals surface area contributed by atoms with Gasteiger partial charge in [0.05, 0.1) is 0 Å². The molecule has 0 bridgehead atoms. The van der Waals surface area contributed by atoms with Crippen LogP contribution in [0.1, 0.15) is 30.9 Å². The third-order valence-corrected chi connectivity index (χ3v) is 5.41. The molecular formula is C23H36IN7. The monoisotopic (exact) mass is 537 g/mol. The second-order valence-corrected chi connectivity index (χ2v) is 7.84. The van der Waals surface area contributed by atoms with Crippen LogP contribution in [0.4, 0.5) is 5.95 Å². The molecule has 3 rings (SSSR count). The number of nitrogens with one attached hydrogen (secondary N) is 2. The first-order valence-corrected chi connectivity index (χ1v) is 11.0. The Hall–Kier alpha value is -1.94. The third-order valence-electron chi connectivity index (χ3n) is 5.41. The Morgan fingerprint density at radius 2 is 1.84 bits per heavy atom. The van der Waals surface area contributed by atoms with E-state index in [1.54, 1.807) is 12.4 Å². The smallest absolute Gasteiger partial charge is 0.225 e. The average molecular weight is 537 g/mol. The number of aliphatic imine (C=N–C) groups is 1. The minimum absolute atomic E-state index is 0. The largest absolute Gasteiger partial charge is 0.357 e. The number of anilines is 1. The van der Waals surface area contributed by atoms with Crippen molar-refractivity contribution in [3.8, 4) is 0 Å². The van der Waals surface area contributed by atoms with Crippen LogP contribution in [-0.4, -0.2) is 73.2 Å². The fraction of sp³-hybridized carbons (Fsp3) is 0.522. The molecule has 0 spiro atoms. The quantitative estimate of drug-likeness (QED) is 0.307. The number of hydrogen-bond acceptors (Lipinski definition) is 5. The number of halogens is 1. The zero-order valence-electron chi connectivity index (χ0n) is 18.9. The van der Waals surface area contributed by atoms with Gasteiger partial charge in [0.15, 0.2) is 5.96 Å². The number of nitrogens with zero attached hydrogens (tertiary/aromatic N) is 5. The van der Waals surface area contributed by atoms with E-state index in [2.05, 4.69) is 75.4 Å². The molecule has 8 heteroatoms. The Labute approximate surface area is 203 Å². The van der Waals surface area contributed by atoms with Crippen molar-refractivity contribution < 1.29 is 0 Å². The summed E-state index contributed by atoms with van der Waals surface area (Å²) in [5.74, 6) is 2.13. The van der Waals surface area contributed by atoms with E-state index in [4.69, 9.17) is 4.99 Å². The number of aromatic nitrogens is 2. The van der Waals surface area contributed by atoms with Crippen molar-refractivity contribution in [2.45, 2.75) is 26.7 Å². The van der Waals surface area contributed by atoms with Gasteiger partial charge in [0.2, 0.25) is 5.95 Å². The number of benzene rings is 1. The standard InChI is InChI=1S/C23H35N7.HI/c1-4-24-22(28-18-20(3)21-8-5-7-19(2)17-21)25-11-12-29-13-15-30(16-14-29)23-26-9-6-10-27-23;/h5-10,17,20H,4,11-16,18H2,1-3H3,(H2,24,25,28);1H. The van der Waals surface area contributed by atoms with Gasteiger partial charge in [-0.15, -0.1) is 24.0 Å². The van der Waals surface area contributed by atoms with Crippen LogP contribution in [0.15, 0.2) is 47.7 Å². The van der Waals surface area contributed by atoms with E-state index in [9.17, 15) is 0 Å². The molecule has 1 aliphatic heterocycles. The van der Waals surface area contributed by atoms with Crippen LogP contribution in [0, 0.1) is 6.92 Å². The Balaban J connectivity index is 0.00000341. The highest BCUT2D eigenvalue weighted by molar-refractivity contribution is 14.0. The Morgan fingerprint density at radius 1 is 1.10 bits per heavy atom. The Kier molecular flexibility index (Phi) is 11.0. The summed E-state index contributed by atoms with van der Waals surface area (Å²) in [4.78, 5) is 18.2. The van der Waals surface area contributed by atoms with Crippen LogP contribution in [0.3, 0.4) is 0 Å². The van der Waals surface area contributed by atoms with Crippen LogP contribution in [0.5, 0.6) is 0 Å². The highest BCUT2D eigenvalue weighted by atomic mass is 127. The molecule has 1 atom stereocenters. The number of piperazine rings is 1. The fourth-order valence-electron chi connectivity index (χ4n) is 3.61. The van der Waals surface area contributed by atoms with E-state index in [-0.39, 0.29) is 24.0 Å². The molecule has 1 fully saturated rings. The van der Waals surface area contributed by atoms with E-state index >= 15 is 0 Å². The Bertz CT molecular complexity index is 792. The molecule has 1 saturated heterocycles. The summed E-state index contributed by atoms with van der Waals surface area (Å²) in [6.07, 6.45) is 3.61. The van der Waals surface area contributed by atoms with Gasteiger partial charge in [0.25, 0.3) is 0 Å². The van der Waals surface area contributed by atoms with Crippen molar-refractivity contribution in [1.29, 1.82) is 0 Å². The summed E-state index contributed by atoms with van der Waals surface area (Å²) < 4.78 is 0. The van der Waals surface area contributed by atoms with Crippen molar-refractivity contribution in [3.63, 3.8) is 0 Å². The molecule has 0 amide bonds. The lowest BCUT2D eigenvalue weighted by atomic mass is 10.00. The predicted molar refractivity (Wildman–Crippen MR) is 140 cm³/mol. The van der Waals surface area contributed by atoms with E-state index in [0.29, 0.717) is 5.92 Å². The van der Waals surface area contributed by atoms with Crippen LogP contribution >= 0.6 is 24.0 Å². The van der Waals surface area contributed by atoms with Crippen LogP contribution in [0.25, 0.3) is 0 Å². The summed E-state index contributed by atoms with van der Waals surface area (Å²) in [5, 5.41) is 6.85. The summed E-state index contributed by atoms with van der Waals surface area (Å²) >= 11 is 0. The van der Waals surface area contributed by atoms with Crippen molar-refractivity contribution in [1.82, 2.24) is 25.5 Å². The molecule has 1 aliphatic rings. The van der Waals surface area contributed by atoms with Crippen molar-refractivity contribution in [2.75, 3.05) is 57.3 Å². The molecule has 2 heterocycles. The fourth-order valence-corrected chi connectivity index (χ4v) is 3.61. The number of guanidine groups is 1. The molecule has 0 saturated carbocycles. The van der Waals surface area contributed by atoms with Crippen LogP contribution in [-0.2, 0) is 0 Å². The van der Waals surface area contributed by atoms with Gasteiger partial charge in [-0.2, -0.15) is 0 Å². The van der Waals surface area contributed by atoms with E-state index < -0.39 is 0 Å². The lowest BCUT2D eigenvalue weighted by Gasteiger charge is -2.34. The molecule has 31 heavy (non-hydrogen) atoms.